The molecule has 3 rings (SSSR count). The van der Waals surface area contributed by atoms with Crippen LogP contribution in [0.15, 0.2) is 60.8 Å². The topological polar surface area (TPSA) is 145 Å². The van der Waals surface area contributed by atoms with E-state index in [-0.39, 0.29) is 30.3 Å². The van der Waals surface area contributed by atoms with Crippen molar-refractivity contribution in [1.82, 2.24) is 9.55 Å². The number of aromatic carboxylic acids is 1. The molecule has 0 aliphatic carbocycles. The van der Waals surface area contributed by atoms with Crippen molar-refractivity contribution >= 4 is 17.8 Å². The first-order valence-electron chi connectivity index (χ1n) is 8.71. The fraction of sp³-hybridized carbons (Fsp3) is 0.150. The summed E-state index contributed by atoms with van der Waals surface area (Å²) in [6.07, 6.45) is 1.19. The Kier molecular flexibility index (Phi) is 7.63. The summed E-state index contributed by atoms with van der Waals surface area (Å²) >= 11 is 0. The number of nitro groups is 1. The third kappa shape index (κ3) is 5.89. The van der Waals surface area contributed by atoms with Gasteiger partial charge in [0.05, 0.1) is 5.56 Å². The second-order valence-electron chi connectivity index (χ2n) is 5.90. The highest BCUT2D eigenvalue weighted by molar-refractivity contribution is 5.90. The number of hydrogen-bond acceptors (Lipinski definition) is 7. The summed E-state index contributed by atoms with van der Waals surface area (Å²) in [6.45, 7) is 1.90. The minimum Gasteiger partial charge on any atom is -0.507 e. The normalized spacial score (nSPS) is 9.90. The van der Waals surface area contributed by atoms with Gasteiger partial charge < -0.3 is 25.1 Å². The SMILES string of the molecule is Cc1ncc([N+](=O)[O-])n1CCOC(=O)c1ccccc1.O=C(O)c1ccccc1O. The highest BCUT2D eigenvalue weighted by Crippen LogP contribution is 2.14. The van der Waals surface area contributed by atoms with Gasteiger partial charge in [-0.2, -0.15) is 0 Å². The Morgan fingerprint density at radius 2 is 1.77 bits per heavy atom. The molecule has 30 heavy (non-hydrogen) atoms. The Hall–Kier alpha value is -4.21. The van der Waals surface area contributed by atoms with E-state index in [1.807, 2.05) is 0 Å². The fourth-order valence-corrected chi connectivity index (χ4v) is 2.42. The number of hydrogen-bond donors (Lipinski definition) is 2. The van der Waals surface area contributed by atoms with Gasteiger partial charge in [-0.05, 0) is 29.2 Å². The number of carboxylic acid groups (broad SMARTS) is 1. The zero-order valence-electron chi connectivity index (χ0n) is 16.0. The molecule has 0 saturated carbocycles. The second-order valence-corrected chi connectivity index (χ2v) is 5.90. The first kappa shape index (κ1) is 22.1. The maximum absolute atomic E-state index is 11.7. The van der Waals surface area contributed by atoms with Gasteiger partial charge in [0.1, 0.15) is 30.7 Å². The molecule has 156 valence electrons. The van der Waals surface area contributed by atoms with E-state index in [1.165, 1.54) is 22.9 Å². The summed E-state index contributed by atoms with van der Waals surface area (Å²) in [5, 5.41) is 28.1. The molecule has 0 aliphatic rings. The molecule has 10 nitrogen and oxygen atoms in total. The molecular weight excluding hydrogens is 394 g/mol. The molecule has 2 N–H and O–H groups in total. The largest absolute Gasteiger partial charge is 0.507 e. The second kappa shape index (κ2) is 10.4. The number of para-hydroxylation sites is 1. The summed E-state index contributed by atoms with van der Waals surface area (Å²) < 4.78 is 6.48. The van der Waals surface area contributed by atoms with E-state index in [0.29, 0.717) is 11.4 Å². The Bertz CT molecular complexity index is 1030. The number of nitrogens with zero attached hydrogens (tertiary/aromatic N) is 3. The number of phenols is 1. The lowest BCUT2D eigenvalue weighted by molar-refractivity contribution is -0.392. The number of ether oxygens (including phenoxy) is 1. The monoisotopic (exact) mass is 413 g/mol. The number of imidazole rings is 1. The van der Waals surface area contributed by atoms with Crippen LogP contribution in [0, 0.1) is 17.0 Å². The van der Waals surface area contributed by atoms with Gasteiger partial charge in [0, 0.05) is 6.92 Å². The number of carbonyl (C=O) groups is 2. The van der Waals surface area contributed by atoms with Crippen LogP contribution >= 0.6 is 0 Å². The van der Waals surface area contributed by atoms with E-state index in [1.54, 1.807) is 49.4 Å². The predicted octanol–water partition coefficient (Wildman–Crippen LogP) is 3.05. The van der Waals surface area contributed by atoms with Gasteiger partial charge >= 0.3 is 17.8 Å². The van der Waals surface area contributed by atoms with Crippen LogP contribution in [0.4, 0.5) is 5.82 Å². The van der Waals surface area contributed by atoms with Gasteiger partial charge in [0.15, 0.2) is 5.82 Å². The molecule has 1 aromatic heterocycles. The van der Waals surface area contributed by atoms with Gasteiger partial charge in [0.25, 0.3) is 0 Å². The minimum atomic E-state index is -1.11. The van der Waals surface area contributed by atoms with Crippen molar-refractivity contribution in [3.8, 4) is 5.75 Å². The van der Waals surface area contributed by atoms with Crippen molar-refractivity contribution in [2.75, 3.05) is 6.61 Å². The van der Waals surface area contributed by atoms with Crippen molar-refractivity contribution in [1.29, 1.82) is 0 Å². The lowest BCUT2D eigenvalue weighted by Gasteiger charge is -2.05. The highest BCUT2D eigenvalue weighted by atomic mass is 16.6. The summed E-state index contributed by atoms with van der Waals surface area (Å²) in [6, 6.07) is 14.4. The summed E-state index contributed by atoms with van der Waals surface area (Å²) in [7, 11) is 0. The van der Waals surface area contributed by atoms with Crippen LogP contribution in [-0.4, -0.2) is 43.2 Å². The van der Waals surface area contributed by atoms with Crippen molar-refractivity contribution in [2.45, 2.75) is 13.5 Å². The lowest BCUT2D eigenvalue weighted by Crippen LogP contribution is -2.13. The third-order valence-corrected chi connectivity index (χ3v) is 3.91. The summed E-state index contributed by atoms with van der Waals surface area (Å²) in [4.78, 5) is 36.1. The van der Waals surface area contributed by atoms with Crippen molar-refractivity contribution in [2.24, 2.45) is 0 Å². The molecular formula is C20H19N3O7. The number of carbonyl (C=O) groups excluding carboxylic acids is 1. The number of carboxylic acids is 1. The summed E-state index contributed by atoms with van der Waals surface area (Å²) in [5.41, 5.74) is 0.381. The Morgan fingerprint density at radius 3 is 2.33 bits per heavy atom. The predicted molar refractivity (Wildman–Crippen MR) is 105 cm³/mol. The van der Waals surface area contributed by atoms with Gasteiger partial charge in [-0.1, -0.05) is 30.3 Å². The molecule has 0 spiro atoms. The van der Waals surface area contributed by atoms with Crippen LogP contribution in [0.5, 0.6) is 5.75 Å². The number of esters is 1. The van der Waals surface area contributed by atoms with Gasteiger partial charge in [-0.3, -0.25) is 0 Å². The van der Waals surface area contributed by atoms with E-state index in [4.69, 9.17) is 14.9 Å². The molecule has 0 radical (unpaired) electrons. The Balaban J connectivity index is 0.000000269. The Labute approximate surface area is 171 Å². The van der Waals surface area contributed by atoms with Gasteiger partial charge in [-0.15, -0.1) is 0 Å². The summed E-state index contributed by atoms with van der Waals surface area (Å²) in [5.74, 6) is -1.37. The molecule has 10 heteroatoms. The zero-order valence-corrected chi connectivity index (χ0v) is 16.0. The van der Waals surface area contributed by atoms with Crippen LogP contribution in [-0.2, 0) is 11.3 Å². The van der Waals surface area contributed by atoms with E-state index in [2.05, 4.69) is 4.98 Å². The zero-order chi connectivity index (χ0) is 22.1. The standard InChI is InChI=1S/C13H13N3O4.C7H6O3/c1-10-14-9-12(16(18)19)15(10)7-8-20-13(17)11-5-3-2-4-6-11;8-6-4-2-1-3-5(6)7(9)10/h2-6,9H,7-8H2,1H3;1-4,8H,(H,9,10). The average Bonchev–Trinajstić information content (AvgIpc) is 3.10. The van der Waals surface area contributed by atoms with Crippen LogP contribution in [0.1, 0.15) is 26.5 Å². The van der Waals surface area contributed by atoms with E-state index >= 15 is 0 Å². The molecule has 0 saturated heterocycles. The molecule has 0 atom stereocenters. The van der Waals surface area contributed by atoms with Gasteiger partial charge in [-0.25, -0.2) is 19.1 Å². The molecule has 3 aromatic rings. The van der Waals surface area contributed by atoms with Crippen LogP contribution < -0.4 is 0 Å². The minimum absolute atomic E-state index is 0.0474. The lowest BCUT2D eigenvalue weighted by atomic mass is 10.2. The van der Waals surface area contributed by atoms with E-state index in [0.717, 1.165) is 0 Å². The number of benzene rings is 2. The first-order valence-corrected chi connectivity index (χ1v) is 8.71. The molecule has 1 heterocycles. The van der Waals surface area contributed by atoms with Crippen molar-refractivity contribution in [3.05, 3.63) is 87.9 Å². The third-order valence-electron chi connectivity index (χ3n) is 3.91. The number of aromatic nitrogens is 2. The number of aromatic hydroxyl groups is 1. The molecule has 0 bridgehead atoms. The number of aryl methyl sites for hydroxylation is 1. The number of rotatable bonds is 6. The molecule has 2 aromatic carbocycles. The van der Waals surface area contributed by atoms with Gasteiger partial charge in [0.2, 0.25) is 0 Å². The van der Waals surface area contributed by atoms with Crippen LogP contribution in [0.2, 0.25) is 0 Å². The maximum atomic E-state index is 11.7. The fourth-order valence-electron chi connectivity index (χ4n) is 2.42. The van der Waals surface area contributed by atoms with E-state index in [9.17, 15) is 19.7 Å². The molecule has 0 fully saturated rings. The van der Waals surface area contributed by atoms with Crippen molar-refractivity contribution in [3.63, 3.8) is 0 Å². The Morgan fingerprint density at radius 1 is 1.13 bits per heavy atom. The molecule has 0 amide bonds. The molecule has 0 aliphatic heterocycles. The quantitative estimate of drug-likeness (QED) is 0.356. The van der Waals surface area contributed by atoms with Crippen LogP contribution in [0.3, 0.4) is 0 Å². The van der Waals surface area contributed by atoms with E-state index < -0.39 is 16.9 Å². The smallest absolute Gasteiger partial charge is 0.342 e. The maximum Gasteiger partial charge on any atom is 0.342 e. The first-order chi connectivity index (χ1) is 14.3. The highest BCUT2D eigenvalue weighted by Gasteiger charge is 2.17. The van der Waals surface area contributed by atoms with Crippen molar-refractivity contribution < 1.29 is 29.5 Å². The average molecular weight is 413 g/mol. The molecule has 0 unspecified atom stereocenters. The van der Waals surface area contributed by atoms with Crippen LogP contribution in [0.25, 0.3) is 0 Å².